The highest BCUT2D eigenvalue weighted by atomic mass is 16.5. The summed E-state index contributed by atoms with van der Waals surface area (Å²) >= 11 is 0. The number of hydrogen-bond acceptors (Lipinski definition) is 3. The molecule has 0 N–H and O–H groups in total. The molecule has 4 heteroatoms. The van der Waals surface area contributed by atoms with Crippen LogP contribution in [0, 0.1) is 6.92 Å². The lowest BCUT2D eigenvalue weighted by molar-refractivity contribution is 0.457. The predicted octanol–water partition coefficient (Wildman–Crippen LogP) is 15.9. The molecule has 0 radical (unpaired) electrons. The first-order valence-corrected chi connectivity index (χ1v) is 22.7. The summed E-state index contributed by atoms with van der Waals surface area (Å²) in [7, 11) is 0. The second kappa shape index (κ2) is 13.8. The summed E-state index contributed by atoms with van der Waals surface area (Å²) in [5, 5.41) is 11.6. The standard InChI is InChI=1S/C60H59NO3/c1-33-18-24-45-41(28-33)34(2)29-46-38-22-23-40-53-49(63-47-26-20-36(57(3,4)5)30-43(47)59(9,10)11)25-19-35-16-15-17-39(51(35)53)54-50(32-42(52(38)55(40)54)56(62)61(45)46)64-48-27-21-37(58(6,7)8)31-44(48)60(12,13)14/h15-32H,2H2,1,3-14H3. The fourth-order valence-electron chi connectivity index (χ4n) is 10.1. The topological polar surface area (TPSA) is 39.9 Å². The molecule has 0 amide bonds. The van der Waals surface area contributed by atoms with Gasteiger partial charge in [0.05, 0.1) is 16.4 Å². The number of benzene rings is 8. The highest BCUT2D eigenvalue weighted by Crippen LogP contribution is 2.52. The lowest BCUT2D eigenvalue weighted by Gasteiger charge is -2.28. The molecule has 322 valence electrons. The van der Waals surface area contributed by atoms with E-state index in [-0.39, 0.29) is 27.2 Å². The quantitative estimate of drug-likeness (QED) is 0.131. The van der Waals surface area contributed by atoms with Crippen LogP contribution in [-0.2, 0) is 21.7 Å². The maximum atomic E-state index is 15.5. The van der Waals surface area contributed by atoms with Crippen LogP contribution in [0.5, 0.6) is 23.0 Å². The third kappa shape index (κ3) is 6.43. The molecule has 64 heavy (non-hydrogen) atoms. The van der Waals surface area contributed by atoms with Gasteiger partial charge in [-0.2, -0.15) is 0 Å². The Kier molecular flexibility index (Phi) is 8.98. The summed E-state index contributed by atoms with van der Waals surface area (Å²) < 4.78 is 16.5. The van der Waals surface area contributed by atoms with Crippen molar-refractivity contribution in [2.75, 3.05) is 0 Å². The van der Waals surface area contributed by atoms with Crippen molar-refractivity contribution in [3.05, 3.63) is 153 Å². The van der Waals surface area contributed by atoms with Crippen molar-refractivity contribution < 1.29 is 9.47 Å². The highest BCUT2D eigenvalue weighted by molar-refractivity contribution is 6.39. The van der Waals surface area contributed by atoms with Crippen LogP contribution in [0.2, 0.25) is 0 Å². The second-order valence-electron chi connectivity index (χ2n) is 22.4. The molecule has 0 fully saturated rings. The molecule has 0 bridgehead atoms. The summed E-state index contributed by atoms with van der Waals surface area (Å²) in [6.07, 6.45) is 0. The minimum atomic E-state index is -0.222. The summed E-state index contributed by atoms with van der Waals surface area (Å²) in [5.41, 5.74) is 7.03. The van der Waals surface area contributed by atoms with Gasteiger partial charge in [-0.15, -0.1) is 0 Å². The molecule has 0 aliphatic heterocycles. The van der Waals surface area contributed by atoms with Gasteiger partial charge in [0.15, 0.2) is 0 Å². The molecule has 0 aliphatic carbocycles. The van der Waals surface area contributed by atoms with Crippen LogP contribution in [0.4, 0.5) is 0 Å². The third-order valence-corrected chi connectivity index (χ3v) is 13.5. The molecule has 10 aromatic rings. The lowest BCUT2D eigenvalue weighted by atomic mass is 9.80. The van der Waals surface area contributed by atoms with Gasteiger partial charge in [-0.3, -0.25) is 9.20 Å². The number of ether oxygens (including phenoxy) is 2. The van der Waals surface area contributed by atoms with Gasteiger partial charge in [-0.05, 0) is 104 Å². The van der Waals surface area contributed by atoms with Gasteiger partial charge in [-0.1, -0.05) is 162 Å². The normalized spacial score (nSPS) is 13.2. The Morgan fingerprint density at radius 2 is 1.00 bits per heavy atom. The highest BCUT2D eigenvalue weighted by Gasteiger charge is 2.29. The summed E-state index contributed by atoms with van der Waals surface area (Å²) in [6, 6.07) is 38.9. The Hall–Kier alpha value is -6.39. The molecule has 2 aromatic heterocycles. The van der Waals surface area contributed by atoms with E-state index in [0.717, 1.165) is 104 Å². The average molecular weight is 842 g/mol. The molecule has 10 rings (SSSR count). The number of hydrogen-bond donors (Lipinski definition) is 0. The first-order valence-electron chi connectivity index (χ1n) is 22.7. The Balaban J connectivity index is 1.37. The van der Waals surface area contributed by atoms with Gasteiger partial charge in [0.25, 0.3) is 5.56 Å². The molecule has 8 aromatic carbocycles. The molecule has 0 aliphatic rings. The number of nitrogens with zero attached hydrogens (tertiary/aromatic N) is 1. The van der Waals surface area contributed by atoms with Gasteiger partial charge < -0.3 is 9.47 Å². The number of aryl methyl sites for hydroxylation is 1. The van der Waals surface area contributed by atoms with Gasteiger partial charge >= 0.3 is 0 Å². The van der Waals surface area contributed by atoms with Crippen molar-refractivity contribution in [2.45, 2.75) is 112 Å². The number of rotatable bonds is 4. The molecule has 0 saturated heterocycles. The maximum absolute atomic E-state index is 15.5. The largest absolute Gasteiger partial charge is 0.456 e. The van der Waals surface area contributed by atoms with E-state index in [1.807, 2.05) is 10.5 Å². The number of pyridine rings is 2. The van der Waals surface area contributed by atoms with E-state index in [9.17, 15) is 0 Å². The second-order valence-corrected chi connectivity index (χ2v) is 22.4. The van der Waals surface area contributed by atoms with Crippen LogP contribution in [0.3, 0.4) is 0 Å². The Morgan fingerprint density at radius 3 is 1.61 bits per heavy atom. The van der Waals surface area contributed by atoms with E-state index in [0.29, 0.717) is 11.1 Å². The fraction of sp³-hybridized carbons (Fsp3) is 0.283. The van der Waals surface area contributed by atoms with Crippen LogP contribution < -0.4 is 20.3 Å². The SMILES string of the molecule is C=c1cc2c3ccc4c5c(Oc6ccc(C(C)(C)C)cc6C(C)(C)C)ccc6cccc(c7c(Oc8ccc(C(C)(C)C)cc8C(C)(C)C)cc(c(=O)n2c2ccc(C)cc12)c3c47)c65. The van der Waals surface area contributed by atoms with Crippen molar-refractivity contribution in [3.8, 4) is 23.0 Å². The van der Waals surface area contributed by atoms with Crippen molar-refractivity contribution in [1.82, 2.24) is 4.40 Å². The Labute approximate surface area is 376 Å². The van der Waals surface area contributed by atoms with Gasteiger partial charge in [0.2, 0.25) is 0 Å². The van der Waals surface area contributed by atoms with E-state index in [2.05, 4.69) is 200 Å². The molecule has 0 saturated carbocycles. The molecule has 2 heterocycles. The summed E-state index contributed by atoms with van der Waals surface area (Å²) in [6.45, 7) is 33.6. The monoisotopic (exact) mass is 841 g/mol. The molecule has 0 spiro atoms. The van der Waals surface area contributed by atoms with Crippen LogP contribution in [0.15, 0.2) is 114 Å². The van der Waals surface area contributed by atoms with E-state index in [1.54, 1.807) is 0 Å². The van der Waals surface area contributed by atoms with Crippen LogP contribution >= 0.6 is 0 Å². The zero-order valence-corrected chi connectivity index (χ0v) is 39.8. The van der Waals surface area contributed by atoms with Crippen LogP contribution in [0.25, 0.3) is 76.9 Å². The number of aromatic nitrogens is 1. The van der Waals surface area contributed by atoms with Crippen molar-refractivity contribution >= 4 is 76.9 Å². The average Bonchev–Trinajstić information content (AvgIpc) is 3.21. The molecular weight excluding hydrogens is 783 g/mol. The zero-order valence-electron chi connectivity index (χ0n) is 39.8. The summed E-state index contributed by atoms with van der Waals surface area (Å²) in [4.78, 5) is 15.5. The van der Waals surface area contributed by atoms with E-state index >= 15 is 4.79 Å². The Bertz CT molecular complexity index is 3690. The Morgan fingerprint density at radius 1 is 0.438 bits per heavy atom. The van der Waals surface area contributed by atoms with Crippen molar-refractivity contribution in [1.29, 1.82) is 0 Å². The van der Waals surface area contributed by atoms with Gasteiger partial charge in [0, 0.05) is 48.8 Å². The fourth-order valence-corrected chi connectivity index (χ4v) is 10.1. The van der Waals surface area contributed by atoms with E-state index in [1.165, 1.54) is 11.1 Å². The molecule has 4 nitrogen and oxygen atoms in total. The minimum absolute atomic E-state index is 0.0155. The number of fused-ring (bicyclic) bond motifs is 6. The first kappa shape index (κ1) is 41.6. The zero-order chi connectivity index (χ0) is 45.6. The van der Waals surface area contributed by atoms with E-state index < -0.39 is 0 Å². The lowest BCUT2D eigenvalue weighted by Crippen LogP contribution is -2.19. The third-order valence-electron chi connectivity index (χ3n) is 13.5. The van der Waals surface area contributed by atoms with E-state index in [4.69, 9.17) is 9.47 Å². The van der Waals surface area contributed by atoms with Crippen LogP contribution in [0.1, 0.15) is 111 Å². The maximum Gasteiger partial charge on any atom is 0.263 e. The molecule has 0 unspecified atom stereocenters. The smallest absolute Gasteiger partial charge is 0.263 e. The van der Waals surface area contributed by atoms with Crippen LogP contribution in [-0.4, -0.2) is 4.40 Å². The molecular formula is C60H59NO3. The van der Waals surface area contributed by atoms with Gasteiger partial charge in [0.1, 0.15) is 23.0 Å². The first-order chi connectivity index (χ1) is 30.0. The van der Waals surface area contributed by atoms with Gasteiger partial charge in [-0.25, -0.2) is 0 Å². The summed E-state index contributed by atoms with van der Waals surface area (Å²) in [5.74, 6) is 3.04. The minimum Gasteiger partial charge on any atom is -0.456 e. The van der Waals surface area contributed by atoms with Crippen molar-refractivity contribution in [2.24, 2.45) is 0 Å². The van der Waals surface area contributed by atoms with Crippen molar-refractivity contribution in [3.63, 3.8) is 0 Å². The predicted molar refractivity (Wildman–Crippen MR) is 273 cm³/mol. The molecule has 0 atom stereocenters.